The van der Waals surface area contributed by atoms with Gasteiger partial charge < -0.3 is 14.7 Å². The van der Waals surface area contributed by atoms with E-state index >= 15 is 0 Å². The van der Waals surface area contributed by atoms with E-state index in [4.69, 9.17) is 0 Å². The zero-order valence-corrected chi connectivity index (χ0v) is 14.3. The summed E-state index contributed by atoms with van der Waals surface area (Å²) in [7, 11) is 4.02. The topological polar surface area (TPSA) is 43.9 Å². The van der Waals surface area contributed by atoms with Crippen LogP contribution in [0.15, 0.2) is 0 Å². The van der Waals surface area contributed by atoms with Crippen molar-refractivity contribution in [2.24, 2.45) is 0 Å². The molecular weight excluding hydrogens is 297 g/mol. The Hall–Kier alpha value is -1.17. The number of amides is 2. The third-order valence-electron chi connectivity index (χ3n) is 5.73. The Labute approximate surface area is 137 Å². The predicted octanol–water partition coefficient (Wildman–Crippen LogP) is 1.42. The number of likely N-dealkylation sites (tertiary alicyclic amines) is 2. The molecule has 130 valence electrons. The summed E-state index contributed by atoms with van der Waals surface area (Å²) < 4.78 is 14.1. The molecule has 0 bridgehead atoms. The number of carbonyl (C=O) groups is 2. The largest absolute Gasteiger partial charge is 0.340 e. The van der Waals surface area contributed by atoms with E-state index in [0.717, 1.165) is 38.8 Å². The molecule has 0 aromatic carbocycles. The van der Waals surface area contributed by atoms with Crippen molar-refractivity contribution in [3.63, 3.8) is 0 Å². The summed E-state index contributed by atoms with van der Waals surface area (Å²) in [5, 5.41) is 0. The first kappa shape index (κ1) is 16.7. The Bertz CT molecular complexity index is 492. The molecule has 3 aliphatic rings. The Kier molecular flexibility index (Phi) is 4.38. The molecule has 2 heterocycles. The van der Waals surface area contributed by atoms with Crippen LogP contribution in [-0.2, 0) is 9.59 Å². The van der Waals surface area contributed by atoms with Crippen LogP contribution in [0.25, 0.3) is 0 Å². The maximum atomic E-state index is 14.1. The van der Waals surface area contributed by atoms with Crippen LogP contribution in [0.2, 0.25) is 0 Å². The minimum Gasteiger partial charge on any atom is -0.340 e. The minimum atomic E-state index is -1.58. The fourth-order valence-electron chi connectivity index (χ4n) is 4.04. The van der Waals surface area contributed by atoms with Gasteiger partial charge in [0.2, 0.25) is 5.91 Å². The molecule has 0 aromatic heterocycles. The van der Waals surface area contributed by atoms with E-state index in [-0.39, 0.29) is 17.4 Å². The van der Waals surface area contributed by atoms with E-state index in [1.165, 1.54) is 0 Å². The molecule has 23 heavy (non-hydrogen) atoms. The maximum Gasteiger partial charge on any atom is 0.260 e. The van der Waals surface area contributed by atoms with Crippen molar-refractivity contribution in [3.05, 3.63) is 0 Å². The van der Waals surface area contributed by atoms with Crippen molar-refractivity contribution < 1.29 is 14.0 Å². The lowest BCUT2D eigenvalue weighted by Crippen LogP contribution is -2.49. The van der Waals surface area contributed by atoms with E-state index in [1.807, 2.05) is 19.0 Å². The van der Waals surface area contributed by atoms with Crippen molar-refractivity contribution in [1.82, 2.24) is 14.7 Å². The van der Waals surface area contributed by atoms with Crippen molar-refractivity contribution in [3.8, 4) is 0 Å². The molecule has 0 radical (unpaired) electrons. The minimum absolute atomic E-state index is 0.116. The Balaban J connectivity index is 1.67. The molecule has 2 saturated heterocycles. The van der Waals surface area contributed by atoms with Crippen molar-refractivity contribution >= 4 is 11.8 Å². The first-order chi connectivity index (χ1) is 10.9. The zero-order valence-electron chi connectivity index (χ0n) is 14.3. The molecule has 0 N–H and O–H groups in total. The van der Waals surface area contributed by atoms with E-state index in [9.17, 15) is 14.0 Å². The number of carbonyl (C=O) groups excluding carboxylic acids is 2. The second-order valence-electron chi connectivity index (χ2n) is 7.68. The summed E-state index contributed by atoms with van der Waals surface area (Å²) in [6, 6.07) is 0. The lowest BCUT2D eigenvalue weighted by Gasteiger charge is -2.38. The van der Waals surface area contributed by atoms with Crippen LogP contribution >= 0.6 is 0 Å². The highest BCUT2D eigenvalue weighted by atomic mass is 19.1. The van der Waals surface area contributed by atoms with Crippen LogP contribution < -0.4 is 0 Å². The lowest BCUT2D eigenvalue weighted by molar-refractivity contribution is -0.138. The number of hydrogen-bond acceptors (Lipinski definition) is 3. The van der Waals surface area contributed by atoms with Crippen molar-refractivity contribution in [1.29, 1.82) is 0 Å². The molecule has 1 aliphatic carbocycles. The van der Waals surface area contributed by atoms with Gasteiger partial charge in [-0.15, -0.1) is 0 Å². The number of likely N-dealkylation sites (N-methyl/N-ethyl adjacent to an activating group) is 1. The SMILES string of the molecule is CN(C)CCN1C(=O)CCC12CCCN(C(=O)C1(F)CC1)CC2. The molecule has 1 spiro atoms. The monoisotopic (exact) mass is 325 g/mol. The van der Waals surface area contributed by atoms with Gasteiger partial charge in [-0.2, -0.15) is 0 Å². The fraction of sp³-hybridized carbons (Fsp3) is 0.882. The number of alkyl halides is 1. The van der Waals surface area contributed by atoms with E-state index in [1.54, 1.807) is 4.90 Å². The predicted molar refractivity (Wildman–Crippen MR) is 85.7 cm³/mol. The lowest BCUT2D eigenvalue weighted by atomic mass is 9.87. The molecule has 5 nitrogen and oxygen atoms in total. The standard InChI is InChI=1S/C17H28FN3O2/c1-19(2)12-13-21-14(22)4-6-16(21)5-3-10-20(11-9-16)15(23)17(18)7-8-17/h3-13H2,1-2H3. The fourth-order valence-corrected chi connectivity index (χ4v) is 4.04. The van der Waals surface area contributed by atoms with Crippen LogP contribution in [0, 0.1) is 0 Å². The summed E-state index contributed by atoms with van der Waals surface area (Å²) >= 11 is 0. The van der Waals surface area contributed by atoms with Crippen LogP contribution in [0.1, 0.15) is 44.9 Å². The average Bonchev–Trinajstić information content (AvgIpc) is 3.22. The molecule has 2 aliphatic heterocycles. The van der Waals surface area contributed by atoms with Gasteiger partial charge in [0.25, 0.3) is 5.91 Å². The molecule has 3 rings (SSSR count). The molecule has 3 fully saturated rings. The second kappa shape index (κ2) is 6.04. The number of rotatable bonds is 4. The Morgan fingerprint density at radius 2 is 1.91 bits per heavy atom. The van der Waals surface area contributed by atoms with Crippen LogP contribution in [0.5, 0.6) is 0 Å². The molecule has 0 aromatic rings. The van der Waals surface area contributed by atoms with Gasteiger partial charge >= 0.3 is 0 Å². The van der Waals surface area contributed by atoms with Gasteiger partial charge in [0.05, 0.1) is 0 Å². The Morgan fingerprint density at radius 3 is 2.57 bits per heavy atom. The van der Waals surface area contributed by atoms with E-state index in [0.29, 0.717) is 32.4 Å². The summed E-state index contributed by atoms with van der Waals surface area (Å²) in [4.78, 5) is 30.4. The Morgan fingerprint density at radius 1 is 1.17 bits per heavy atom. The summed E-state index contributed by atoms with van der Waals surface area (Å²) in [5.74, 6) is -0.0884. The molecule has 1 unspecified atom stereocenters. The van der Waals surface area contributed by atoms with Gasteiger partial charge in [-0.25, -0.2) is 4.39 Å². The first-order valence-corrected chi connectivity index (χ1v) is 8.80. The van der Waals surface area contributed by atoms with Crippen LogP contribution in [-0.4, -0.2) is 78.0 Å². The van der Waals surface area contributed by atoms with E-state index < -0.39 is 5.67 Å². The van der Waals surface area contributed by atoms with Crippen LogP contribution in [0.4, 0.5) is 4.39 Å². The molecule has 6 heteroatoms. The molecule has 1 atom stereocenters. The van der Waals surface area contributed by atoms with Gasteiger partial charge in [0, 0.05) is 38.1 Å². The number of nitrogens with zero attached hydrogens (tertiary/aromatic N) is 3. The summed E-state index contributed by atoms with van der Waals surface area (Å²) in [5.41, 5.74) is -1.69. The van der Waals surface area contributed by atoms with E-state index in [2.05, 4.69) is 4.90 Å². The summed E-state index contributed by atoms with van der Waals surface area (Å²) in [6.45, 7) is 2.80. The number of hydrogen-bond donors (Lipinski definition) is 0. The molecule has 1 saturated carbocycles. The third-order valence-corrected chi connectivity index (χ3v) is 5.73. The molecule has 2 amide bonds. The van der Waals surface area contributed by atoms with Crippen molar-refractivity contribution in [2.75, 3.05) is 40.3 Å². The average molecular weight is 325 g/mol. The van der Waals surface area contributed by atoms with Gasteiger partial charge in [0.15, 0.2) is 5.67 Å². The van der Waals surface area contributed by atoms with Gasteiger partial charge in [-0.1, -0.05) is 0 Å². The quantitative estimate of drug-likeness (QED) is 0.785. The highest BCUT2D eigenvalue weighted by Gasteiger charge is 2.54. The number of halogens is 1. The molecular formula is C17H28FN3O2. The maximum absolute atomic E-state index is 14.1. The zero-order chi connectivity index (χ0) is 16.7. The van der Waals surface area contributed by atoms with Gasteiger partial charge in [-0.05, 0) is 52.6 Å². The van der Waals surface area contributed by atoms with Crippen molar-refractivity contribution in [2.45, 2.75) is 56.2 Å². The highest BCUT2D eigenvalue weighted by molar-refractivity contribution is 5.88. The third kappa shape index (κ3) is 3.23. The van der Waals surface area contributed by atoms with Gasteiger partial charge in [-0.3, -0.25) is 9.59 Å². The second-order valence-corrected chi connectivity index (χ2v) is 7.68. The highest BCUT2D eigenvalue weighted by Crippen LogP contribution is 2.43. The van der Waals surface area contributed by atoms with Gasteiger partial charge in [0.1, 0.15) is 0 Å². The first-order valence-electron chi connectivity index (χ1n) is 8.80. The smallest absolute Gasteiger partial charge is 0.260 e. The summed E-state index contributed by atoms with van der Waals surface area (Å²) in [6.07, 6.45) is 4.80. The normalized spacial score (nSPS) is 30.2. The van der Waals surface area contributed by atoms with Crippen LogP contribution in [0.3, 0.4) is 0 Å².